The number of hydrogen-bond donors (Lipinski definition) is 1. The maximum Gasteiger partial charge on any atom is 0.269 e. The van der Waals surface area contributed by atoms with Crippen LogP contribution in [0.5, 0.6) is 0 Å². The highest BCUT2D eigenvalue weighted by Crippen LogP contribution is 2.38. The number of hydrogen-bond acceptors (Lipinski definition) is 8. The van der Waals surface area contributed by atoms with Crippen LogP contribution in [0.2, 0.25) is 0 Å². The number of non-ortho nitro benzene ring substituents is 1. The minimum atomic E-state index is -0.458. The number of aryl methyl sites for hydroxylation is 2. The van der Waals surface area contributed by atoms with Gasteiger partial charge in [-0.1, -0.05) is 29.2 Å². The van der Waals surface area contributed by atoms with Crippen LogP contribution in [0.3, 0.4) is 0 Å². The number of anilines is 2. The van der Waals surface area contributed by atoms with Crippen molar-refractivity contribution >= 4 is 44.5 Å². The van der Waals surface area contributed by atoms with Gasteiger partial charge in [-0.25, -0.2) is 0 Å². The van der Waals surface area contributed by atoms with Crippen LogP contribution < -0.4 is 5.32 Å². The number of rotatable bonds is 6. The van der Waals surface area contributed by atoms with E-state index in [4.69, 9.17) is 5.26 Å². The second-order valence-electron chi connectivity index (χ2n) is 5.84. The monoisotopic (exact) mass is 409 g/mol. The largest absolute Gasteiger partial charge is 0.330 e. The topological polar surface area (TPSA) is 105 Å². The normalized spacial score (nSPS) is 11.1. The predicted octanol–water partition coefficient (Wildman–Crippen LogP) is 5.46. The van der Waals surface area contributed by atoms with E-state index in [0.29, 0.717) is 19.9 Å². The predicted molar refractivity (Wildman–Crippen MR) is 112 cm³/mol. The molecule has 0 aliphatic rings. The summed E-state index contributed by atoms with van der Waals surface area (Å²) < 4.78 is 0.659. The second-order valence-corrected chi connectivity index (χ2v) is 8.11. The number of thioether (sulfide) groups is 1. The van der Waals surface area contributed by atoms with E-state index in [1.807, 2.05) is 31.2 Å². The summed E-state index contributed by atoms with van der Waals surface area (Å²) in [5, 5.41) is 32.1. The van der Waals surface area contributed by atoms with Crippen molar-refractivity contribution in [2.45, 2.75) is 18.2 Å². The van der Waals surface area contributed by atoms with Gasteiger partial charge in [0.25, 0.3) is 5.69 Å². The number of nitro benzene ring substituents is 1. The zero-order valence-corrected chi connectivity index (χ0v) is 16.7. The van der Waals surface area contributed by atoms with Crippen molar-refractivity contribution in [3.63, 3.8) is 0 Å². The number of nitrogens with one attached hydrogen (secondary N) is 1. The van der Waals surface area contributed by atoms with Crippen molar-refractivity contribution in [1.29, 1.82) is 5.26 Å². The number of aromatic nitrogens is 2. The summed E-state index contributed by atoms with van der Waals surface area (Å²) in [6, 6.07) is 14.1. The van der Waals surface area contributed by atoms with Crippen molar-refractivity contribution in [2.75, 3.05) is 5.32 Å². The SMILES string of the molecule is Cc1ccc(Nc2nnc(S/C(=C\C#N)c3ccc([N+](=O)[O-])cc3)s2)cc1C. The second kappa shape index (κ2) is 8.65. The Morgan fingerprint density at radius 1 is 1.21 bits per heavy atom. The van der Waals surface area contributed by atoms with Gasteiger partial charge in [-0.3, -0.25) is 10.1 Å². The molecule has 1 heterocycles. The fraction of sp³-hybridized carbons (Fsp3) is 0.105. The third-order valence-electron chi connectivity index (χ3n) is 3.92. The first-order valence-electron chi connectivity index (χ1n) is 8.16. The maximum atomic E-state index is 10.8. The molecule has 0 amide bonds. The molecule has 1 N–H and O–H groups in total. The first-order chi connectivity index (χ1) is 13.5. The molecule has 2 aromatic carbocycles. The molecular formula is C19H15N5O2S2. The number of nitriles is 1. The van der Waals surface area contributed by atoms with E-state index in [-0.39, 0.29) is 5.69 Å². The Morgan fingerprint density at radius 2 is 1.96 bits per heavy atom. The summed E-state index contributed by atoms with van der Waals surface area (Å²) in [7, 11) is 0. The maximum absolute atomic E-state index is 10.8. The molecule has 0 bridgehead atoms. The van der Waals surface area contributed by atoms with Gasteiger partial charge in [-0.2, -0.15) is 5.26 Å². The van der Waals surface area contributed by atoms with Crippen LogP contribution in [0.1, 0.15) is 16.7 Å². The molecule has 0 fully saturated rings. The molecule has 0 radical (unpaired) electrons. The van der Waals surface area contributed by atoms with E-state index in [1.165, 1.54) is 52.4 Å². The fourth-order valence-electron chi connectivity index (χ4n) is 2.32. The molecule has 1 aromatic heterocycles. The Balaban J connectivity index is 1.76. The molecule has 0 spiro atoms. The van der Waals surface area contributed by atoms with Gasteiger partial charge in [0.1, 0.15) is 0 Å². The zero-order valence-electron chi connectivity index (χ0n) is 15.0. The molecule has 28 heavy (non-hydrogen) atoms. The van der Waals surface area contributed by atoms with Crippen molar-refractivity contribution in [2.24, 2.45) is 0 Å². The molecule has 9 heteroatoms. The van der Waals surface area contributed by atoms with Crippen LogP contribution in [-0.4, -0.2) is 15.1 Å². The minimum Gasteiger partial charge on any atom is -0.330 e. The van der Waals surface area contributed by atoms with E-state index in [1.54, 1.807) is 12.1 Å². The Bertz CT molecular complexity index is 1080. The fourth-order valence-corrected chi connectivity index (χ4v) is 4.12. The van der Waals surface area contributed by atoms with Gasteiger partial charge in [0, 0.05) is 28.8 Å². The standard InChI is InChI=1S/C19H15N5O2S2/c1-12-3-6-15(11-13(12)2)21-18-22-23-19(28-18)27-17(9-10-20)14-4-7-16(8-5-14)24(25)26/h3-9,11H,1-2H3,(H,21,22)/b17-9-. The average Bonchev–Trinajstić information content (AvgIpc) is 3.11. The van der Waals surface area contributed by atoms with E-state index < -0.39 is 4.92 Å². The molecule has 0 saturated heterocycles. The van der Waals surface area contributed by atoms with Gasteiger partial charge in [-0.15, -0.1) is 10.2 Å². The van der Waals surface area contributed by atoms with Gasteiger partial charge in [-0.05, 0) is 54.8 Å². The third kappa shape index (κ3) is 4.73. The lowest BCUT2D eigenvalue weighted by Crippen LogP contribution is -1.91. The number of benzene rings is 2. The van der Waals surface area contributed by atoms with Gasteiger partial charge >= 0.3 is 0 Å². The molecule has 0 aliphatic heterocycles. The lowest BCUT2D eigenvalue weighted by molar-refractivity contribution is -0.384. The highest BCUT2D eigenvalue weighted by Gasteiger charge is 2.12. The Hall–Kier alpha value is -3.22. The minimum absolute atomic E-state index is 0.000787. The van der Waals surface area contributed by atoms with Crippen LogP contribution in [-0.2, 0) is 0 Å². The summed E-state index contributed by atoms with van der Waals surface area (Å²) in [4.78, 5) is 11.0. The van der Waals surface area contributed by atoms with Gasteiger partial charge in [0.2, 0.25) is 5.13 Å². The molecule has 0 saturated carbocycles. The van der Waals surface area contributed by atoms with E-state index in [2.05, 4.69) is 22.4 Å². The molecule has 0 aliphatic carbocycles. The number of allylic oxidation sites excluding steroid dienone is 1. The molecule has 0 unspecified atom stereocenters. The molecule has 140 valence electrons. The first-order valence-corrected chi connectivity index (χ1v) is 9.80. The summed E-state index contributed by atoms with van der Waals surface area (Å²) in [6.07, 6.45) is 1.39. The van der Waals surface area contributed by atoms with Crippen LogP contribution >= 0.6 is 23.1 Å². The first kappa shape index (κ1) is 19.5. The average molecular weight is 409 g/mol. The van der Waals surface area contributed by atoms with Crippen LogP contribution in [0.25, 0.3) is 4.91 Å². The van der Waals surface area contributed by atoms with Crippen molar-refractivity contribution in [3.8, 4) is 6.07 Å². The lowest BCUT2D eigenvalue weighted by Gasteiger charge is -2.05. The zero-order chi connectivity index (χ0) is 20.1. The summed E-state index contributed by atoms with van der Waals surface area (Å²) in [5.74, 6) is 0. The summed E-state index contributed by atoms with van der Waals surface area (Å²) in [5.41, 5.74) is 4.03. The van der Waals surface area contributed by atoms with Gasteiger partial charge in [0.05, 0.1) is 11.0 Å². The van der Waals surface area contributed by atoms with E-state index >= 15 is 0 Å². The highest BCUT2D eigenvalue weighted by molar-refractivity contribution is 8.09. The molecule has 7 nitrogen and oxygen atoms in total. The summed E-state index contributed by atoms with van der Waals surface area (Å²) >= 11 is 2.66. The van der Waals surface area contributed by atoms with Crippen LogP contribution in [0, 0.1) is 35.3 Å². The number of nitrogens with zero attached hydrogens (tertiary/aromatic N) is 4. The summed E-state index contributed by atoms with van der Waals surface area (Å²) in [6.45, 7) is 4.10. The van der Waals surface area contributed by atoms with E-state index in [0.717, 1.165) is 5.69 Å². The van der Waals surface area contributed by atoms with Crippen LogP contribution in [0.15, 0.2) is 52.9 Å². The molecule has 3 aromatic rings. The Labute approximate surface area is 169 Å². The highest BCUT2D eigenvalue weighted by atomic mass is 32.2. The van der Waals surface area contributed by atoms with Crippen LogP contribution in [0.4, 0.5) is 16.5 Å². The van der Waals surface area contributed by atoms with Crippen molar-refractivity contribution in [3.05, 3.63) is 75.3 Å². The smallest absolute Gasteiger partial charge is 0.269 e. The lowest BCUT2D eigenvalue weighted by atomic mass is 10.1. The number of nitro groups is 1. The Morgan fingerprint density at radius 3 is 2.61 bits per heavy atom. The molecule has 0 atom stereocenters. The molecular weight excluding hydrogens is 394 g/mol. The van der Waals surface area contributed by atoms with Crippen molar-refractivity contribution in [1.82, 2.24) is 10.2 Å². The third-order valence-corrected chi connectivity index (χ3v) is 5.88. The quantitative estimate of drug-likeness (QED) is 0.249. The van der Waals surface area contributed by atoms with Gasteiger partial charge < -0.3 is 5.32 Å². The molecule has 3 rings (SSSR count). The Kier molecular flexibility index (Phi) is 6.03. The van der Waals surface area contributed by atoms with Gasteiger partial charge in [0.15, 0.2) is 4.34 Å². The van der Waals surface area contributed by atoms with E-state index in [9.17, 15) is 10.1 Å². The van der Waals surface area contributed by atoms with Crippen molar-refractivity contribution < 1.29 is 4.92 Å².